The maximum absolute atomic E-state index is 11.8. The third-order valence-electron chi connectivity index (χ3n) is 6.58. The quantitative estimate of drug-likeness (QED) is 0.167. The molecule has 43 heavy (non-hydrogen) atoms. The Labute approximate surface area is 260 Å². The summed E-state index contributed by atoms with van der Waals surface area (Å²) in [6, 6.07) is 27.7. The Bertz CT molecular complexity index is 1920. The second kappa shape index (κ2) is 12.9. The van der Waals surface area contributed by atoms with E-state index >= 15 is 0 Å². The number of hydrogen-bond donors (Lipinski definition) is 1. The van der Waals surface area contributed by atoms with Gasteiger partial charge in [0, 0.05) is 29.0 Å². The van der Waals surface area contributed by atoms with Crippen molar-refractivity contribution in [2.24, 2.45) is 0 Å². The van der Waals surface area contributed by atoms with E-state index in [1.54, 1.807) is 36.4 Å². The summed E-state index contributed by atoms with van der Waals surface area (Å²) in [5, 5.41) is 1.04. The normalized spacial score (nSPS) is 11.5. The van der Waals surface area contributed by atoms with E-state index < -0.39 is 10.0 Å². The Morgan fingerprint density at radius 1 is 0.930 bits per heavy atom. The van der Waals surface area contributed by atoms with E-state index in [0.29, 0.717) is 39.4 Å². The average Bonchev–Trinajstić information content (AvgIpc) is 3.37. The van der Waals surface area contributed by atoms with Crippen molar-refractivity contribution in [3.05, 3.63) is 130 Å². The molecule has 5 rings (SSSR count). The summed E-state index contributed by atoms with van der Waals surface area (Å²) in [5.74, 6) is 0.323. The molecule has 1 N–H and O–H groups in total. The molecule has 10 heteroatoms. The van der Waals surface area contributed by atoms with Crippen molar-refractivity contribution in [3.63, 3.8) is 0 Å². The fraction of sp³-hybridized carbons (Fsp3) is 0.0909. The molecule has 5 aromatic rings. The van der Waals surface area contributed by atoms with Crippen LogP contribution in [0.1, 0.15) is 27.3 Å². The number of nitrogens with one attached hydrogen (secondary N) is 1. The SMILES string of the molecule is COC(=O)c1ccc(Cn2cc(-c3ccc(Cl)cc3Cl)nc2/C=C/c2ccc(-c3cccc(NS(C)(=O)=O)c3)cc2)cc1. The highest BCUT2D eigenvalue weighted by Crippen LogP contribution is 2.31. The summed E-state index contributed by atoms with van der Waals surface area (Å²) in [4.78, 5) is 16.7. The minimum Gasteiger partial charge on any atom is -0.465 e. The Morgan fingerprint density at radius 2 is 1.67 bits per heavy atom. The number of carbonyl (C=O) groups is 1. The van der Waals surface area contributed by atoms with Crippen LogP contribution in [-0.4, -0.2) is 37.3 Å². The topological polar surface area (TPSA) is 90.3 Å². The number of benzene rings is 4. The van der Waals surface area contributed by atoms with Crippen molar-refractivity contribution in [1.82, 2.24) is 9.55 Å². The Kier molecular flexibility index (Phi) is 9.01. The molecule has 0 spiro atoms. The van der Waals surface area contributed by atoms with Gasteiger partial charge in [-0.05, 0) is 70.8 Å². The standard InChI is InChI=1S/C33H27Cl2N3O4S/c1-42-33(39)25-13-8-23(9-14-25)20-38-21-31(29-16-15-27(34)19-30(29)35)36-32(38)17-10-22-6-11-24(12-7-22)26-4-3-5-28(18-26)37-43(2,40)41/h3-19,21,37H,20H2,1-2H3/b17-10+. The van der Waals surface area contributed by atoms with E-state index in [1.807, 2.05) is 77.5 Å². The molecular formula is C33H27Cl2N3O4S. The van der Waals surface area contributed by atoms with Crippen LogP contribution < -0.4 is 4.72 Å². The molecule has 7 nitrogen and oxygen atoms in total. The second-order valence-corrected chi connectivity index (χ2v) is 12.4. The molecule has 1 heterocycles. The highest BCUT2D eigenvalue weighted by atomic mass is 35.5. The van der Waals surface area contributed by atoms with Crippen molar-refractivity contribution in [2.75, 3.05) is 18.1 Å². The predicted molar refractivity (Wildman–Crippen MR) is 174 cm³/mol. The summed E-state index contributed by atoms with van der Waals surface area (Å²) in [6.45, 7) is 0.510. The van der Waals surface area contributed by atoms with E-state index in [4.69, 9.17) is 32.9 Å². The number of ether oxygens (including phenoxy) is 1. The monoisotopic (exact) mass is 631 g/mol. The van der Waals surface area contributed by atoms with E-state index in [1.165, 1.54) is 7.11 Å². The number of hydrogen-bond acceptors (Lipinski definition) is 5. The van der Waals surface area contributed by atoms with Crippen LogP contribution in [0.15, 0.2) is 97.2 Å². The van der Waals surface area contributed by atoms with Gasteiger partial charge in [0.05, 0.1) is 29.6 Å². The van der Waals surface area contributed by atoms with E-state index in [2.05, 4.69) is 4.72 Å². The first-order valence-electron chi connectivity index (χ1n) is 13.1. The highest BCUT2D eigenvalue weighted by Gasteiger charge is 2.13. The molecule has 0 aliphatic rings. The number of halogens is 2. The molecule has 0 aliphatic heterocycles. The Balaban J connectivity index is 1.42. The lowest BCUT2D eigenvalue weighted by atomic mass is 10.0. The van der Waals surface area contributed by atoms with Crippen LogP contribution in [0.25, 0.3) is 34.5 Å². The first-order chi connectivity index (χ1) is 20.6. The minimum absolute atomic E-state index is 0.387. The number of aromatic nitrogens is 2. The van der Waals surface area contributed by atoms with Crippen LogP contribution in [0.4, 0.5) is 5.69 Å². The number of sulfonamides is 1. The number of carbonyl (C=O) groups excluding carboxylic acids is 1. The van der Waals surface area contributed by atoms with Gasteiger partial charge < -0.3 is 9.30 Å². The lowest BCUT2D eigenvalue weighted by Crippen LogP contribution is -2.09. The van der Waals surface area contributed by atoms with Crippen LogP contribution in [0, 0.1) is 0 Å². The van der Waals surface area contributed by atoms with Gasteiger partial charge in [-0.3, -0.25) is 4.72 Å². The van der Waals surface area contributed by atoms with E-state index in [0.717, 1.165) is 34.1 Å². The lowest BCUT2D eigenvalue weighted by molar-refractivity contribution is 0.0600. The fourth-order valence-corrected chi connectivity index (χ4v) is 5.57. The number of rotatable bonds is 9. The molecule has 0 saturated heterocycles. The molecule has 218 valence electrons. The van der Waals surface area contributed by atoms with E-state index in [9.17, 15) is 13.2 Å². The fourth-order valence-electron chi connectivity index (χ4n) is 4.51. The zero-order valence-electron chi connectivity index (χ0n) is 23.3. The van der Waals surface area contributed by atoms with Crippen molar-refractivity contribution in [1.29, 1.82) is 0 Å². The molecule has 0 amide bonds. The van der Waals surface area contributed by atoms with Gasteiger partial charge in [0.2, 0.25) is 10.0 Å². The summed E-state index contributed by atoms with van der Waals surface area (Å²) < 4.78 is 32.6. The van der Waals surface area contributed by atoms with Crippen molar-refractivity contribution in [2.45, 2.75) is 6.54 Å². The van der Waals surface area contributed by atoms with Crippen molar-refractivity contribution < 1.29 is 17.9 Å². The minimum atomic E-state index is -3.37. The lowest BCUT2D eigenvalue weighted by Gasteiger charge is -2.08. The highest BCUT2D eigenvalue weighted by molar-refractivity contribution is 7.92. The van der Waals surface area contributed by atoms with Crippen LogP contribution in [0.2, 0.25) is 10.0 Å². The maximum atomic E-state index is 11.8. The first-order valence-corrected chi connectivity index (χ1v) is 15.8. The smallest absolute Gasteiger partial charge is 0.337 e. The van der Waals surface area contributed by atoms with Crippen LogP contribution in [0.5, 0.6) is 0 Å². The zero-order chi connectivity index (χ0) is 30.6. The third-order valence-corrected chi connectivity index (χ3v) is 7.73. The van der Waals surface area contributed by atoms with Gasteiger partial charge in [-0.2, -0.15) is 0 Å². The number of nitrogens with zero attached hydrogens (tertiary/aromatic N) is 2. The second-order valence-electron chi connectivity index (χ2n) is 9.84. The summed E-state index contributed by atoms with van der Waals surface area (Å²) in [7, 11) is -2.01. The molecule has 0 radical (unpaired) electrons. The van der Waals surface area contributed by atoms with Gasteiger partial charge in [-0.1, -0.05) is 77.8 Å². The molecule has 0 aliphatic carbocycles. The zero-order valence-corrected chi connectivity index (χ0v) is 25.6. The summed E-state index contributed by atoms with van der Waals surface area (Å²) in [6.07, 6.45) is 6.96. The van der Waals surface area contributed by atoms with E-state index in [-0.39, 0.29) is 5.97 Å². The predicted octanol–water partition coefficient (Wildman–Crippen LogP) is 7.90. The Morgan fingerprint density at radius 3 is 2.35 bits per heavy atom. The van der Waals surface area contributed by atoms with Gasteiger partial charge in [-0.15, -0.1) is 0 Å². The van der Waals surface area contributed by atoms with Gasteiger partial charge >= 0.3 is 5.97 Å². The number of imidazole rings is 1. The third kappa shape index (κ3) is 7.73. The van der Waals surface area contributed by atoms with Crippen molar-refractivity contribution >= 4 is 57.0 Å². The van der Waals surface area contributed by atoms with Gasteiger partial charge in [0.15, 0.2) is 0 Å². The number of esters is 1. The van der Waals surface area contributed by atoms with Crippen LogP contribution >= 0.6 is 23.2 Å². The van der Waals surface area contributed by atoms with Gasteiger partial charge in [-0.25, -0.2) is 18.2 Å². The molecule has 1 aromatic heterocycles. The van der Waals surface area contributed by atoms with Crippen LogP contribution in [-0.2, 0) is 21.3 Å². The van der Waals surface area contributed by atoms with Gasteiger partial charge in [0.25, 0.3) is 0 Å². The molecule has 0 fully saturated rings. The molecule has 0 saturated carbocycles. The largest absolute Gasteiger partial charge is 0.465 e. The Hall–Kier alpha value is -4.37. The van der Waals surface area contributed by atoms with Gasteiger partial charge in [0.1, 0.15) is 5.82 Å². The molecular weight excluding hydrogens is 605 g/mol. The summed E-state index contributed by atoms with van der Waals surface area (Å²) in [5.41, 5.74) is 6.22. The molecule has 4 aromatic carbocycles. The number of anilines is 1. The maximum Gasteiger partial charge on any atom is 0.337 e. The first kappa shape index (κ1) is 30.1. The van der Waals surface area contributed by atoms with Crippen molar-refractivity contribution in [3.8, 4) is 22.4 Å². The number of methoxy groups -OCH3 is 1. The molecule has 0 atom stereocenters. The molecule has 0 unspecified atom stereocenters. The summed E-state index contributed by atoms with van der Waals surface area (Å²) >= 11 is 12.6. The average molecular weight is 633 g/mol. The van der Waals surface area contributed by atoms with Crippen LogP contribution in [0.3, 0.4) is 0 Å². The molecule has 0 bridgehead atoms.